The van der Waals surface area contributed by atoms with E-state index in [4.69, 9.17) is 4.74 Å². The molecule has 0 aliphatic heterocycles. The van der Waals surface area contributed by atoms with Crippen LogP contribution in [-0.2, 0) is 9.53 Å². The van der Waals surface area contributed by atoms with Crippen molar-refractivity contribution in [2.45, 2.75) is 32.3 Å². The third kappa shape index (κ3) is 6.61. The standard InChI is InChI=1S/C14H23BN4O5/c1-9(2)6-12(15(22)23)19-14(21)11(8-24-3)18-13(20)10-7-16-4-5-17-10/h4-5,7,9,11-12,22-23H,6,8H2,1-3H3,(H,18,20)(H,19,21)/t11-,12+/m1/s1. The lowest BCUT2D eigenvalue weighted by molar-refractivity contribution is -0.124. The number of nitrogens with one attached hydrogen (secondary N) is 2. The van der Waals surface area contributed by atoms with Gasteiger partial charge in [-0.3, -0.25) is 14.6 Å². The summed E-state index contributed by atoms with van der Waals surface area (Å²) in [6.07, 6.45) is 4.44. The van der Waals surface area contributed by atoms with Crippen LogP contribution < -0.4 is 10.6 Å². The molecule has 1 rings (SSSR count). The summed E-state index contributed by atoms with van der Waals surface area (Å²) in [5.74, 6) is -1.85. The second kappa shape index (κ2) is 9.96. The number of aromatic nitrogens is 2. The molecule has 0 unspecified atom stereocenters. The highest BCUT2D eigenvalue weighted by Crippen LogP contribution is 2.06. The zero-order valence-electron chi connectivity index (χ0n) is 14.0. The normalized spacial score (nSPS) is 13.2. The van der Waals surface area contributed by atoms with Gasteiger partial charge in [-0.15, -0.1) is 0 Å². The molecule has 0 fully saturated rings. The van der Waals surface area contributed by atoms with E-state index >= 15 is 0 Å². The Balaban J connectivity index is 2.75. The molecule has 1 aromatic rings. The van der Waals surface area contributed by atoms with E-state index in [0.29, 0.717) is 6.42 Å². The Kier molecular flexibility index (Phi) is 8.30. The predicted octanol–water partition coefficient (Wildman–Crippen LogP) is -1.24. The summed E-state index contributed by atoms with van der Waals surface area (Å²) < 4.78 is 4.95. The van der Waals surface area contributed by atoms with Gasteiger partial charge in [-0.1, -0.05) is 13.8 Å². The van der Waals surface area contributed by atoms with Crippen molar-refractivity contribution in [3.05, 3.63) is 24.3 Å². The molecule has 24 heavy (non-hydrogen) atoms. The van der Waals surface area contributed by atoms with Crippen molar-refractivity contribution in [1.82, 2.24) is 20.6 Å². The number of nitrogens with zero attached hydrogens (tertiary/aromatic N) is 2. The summed E-state index contributed by atoms with van der Waals surface area (Å²) in [6.45, 7) is 3.71. The molecule has 0 radical (unpaired) electrons. The highest BCUT2D eigenvalue weighted by Gasteiger charge is 2.30. The van der Waals surface area contributed by atoms with Crippen LogP contribution in [-0.4, -0.2) is 64.6 Å². The van der Waals surface area contributed by atoms with Crippen LogP contribution in [0.3, 0.4) is 0 Å². The fraction of sp³-hybridized carbons (Fsp3) is 0.571. The molecule has 0 spiro atoms. The molecule has 0 aliphatic rings. The van der Waals surface area contributed by atoms with Crippen molar-refractivity contribution in [1.29, 1.82) is 0 Å². The first-order chi connectivity index (χ1) is 11.3. The SMILES string of the molecule is COC[C@@H](NC(=O)c1cnccn1)C(=O)N[C@@H](CC(C)C)B(O)O. The van der Waals surface area contributed by atoms with Crippen molar-refractivity contribution in [2.75, 3.05) is 13.7 Å². The van der Waals surface area contributed by atoms with E-state index in [1.807, 2.05) is 13.8 Å². The summed E-state index contributed by atoms with van der Waals surface area (Å²) in [4.78, 5) is 32.1. The molecule has 0 saturated carbocycles. The number of ether oxygens (including phenoxy) is 1. The minimum atomic E-state index is -1.70. The Bertz CT molecular complexity index is 529. The smallest absolute Gasteiger partial charge is 0.426 e. The Hall–Kier alpha value is -2.04. The maximum Gasteiger partial charge on any atom is 0.475 e. The first-order valence-electron chi connectivity index (χ1n) is 7.57. The van der Waals surface area contributed by atoms with Gasteiger partial charge < -0.3 is 25.4 Å². The molecule has 1 aromatic heterocycles. The fourth-order valence-electron chi connectivity index (χ4n) is 2.04. The van der Waals surface area contributed by atoms with Crippen molar-refractivity contribution < 1.29 is 24.4 Å². The minimum Gasteiger partial charge on any atom is -0.426 e. The number of carbonyl (C=O) groups excluding carboxylic acids is 2. The lowest BCUT2D eigenvalue weighted by Gasteiger charge is -2.23. The number of hydrogen-bond donors (Lipinski definition) is 4. The fourth-order valence-corrected chi connectivity index (χ4v) is 2.04. The Morgan fingerprint density at radius 3 is 2.50 bits per heavy atom. The number of rotatable bonds is 9. The molecule has 0 aromatic carbocycles. The Labute approximate surface area is 141 Å². The van der Waals surface area contributed by atoms with Crippen molar-refractivity contribution in [3.63, 3.8) is 0 Å². The second-order valence-electron chi connectivity index (χ2n) is 5.73. The van der Waals surface area contributed by atoms with Crippen LogP contribution in [0.1, 0.15) is 30.8 Å². The molecular weight excluding hydrogens is 315 g/mol. The summed E-state index contributed by atoms with van der Waals surface area (Å²) in [7, 11) is -0.309. The molecule has 2 amide bonds. The molecule has 1 heterocycles. The Morgan fingerprint density at radius 1 is 1.29 bits per heavy atom. The third-order valence-corrected chi connectivity index (χ3v) is 3.16. The molecule has 0 saturated heterocycles. The largest absolute Gasteiger partial charge is 0.475 e. The lowest BCUT2D eigenvalue weighted by Crippen LogP contribution is -2.55. The lowest BCUT2D eigenvalue weighted by atomic mass is 9.75. The van der Waals surface area contributed by atoms with Crippen LogP contribution in [0.15, 0.2) is 18.6 Å². The van der Waals surface area contributed by atoms with E-state index in [9.17, 15) is 19.6 Å². The monoisotopic (exact) mass is 338 g/mol. The minimum absolute atomic E-state index is 0.0623. The number of carbonyl (C=O) groups is 2. The van der Waals surface area contributed by atoms with Gasteiger partial charge in [0, 0.05) is 19.5 Å². The molecule has 0 aliphatic carbocycles. The average Bonchev–Trinajstić information content (AvgIpc) is 2.54. The maximum absolute atomic E-state index is 12.3. The molecule has 9 nitrogen and oxygen atoms in total. The van der Waals surface area contributed by atoms with E-state index in [1.54, 1.807) is 0 Å². The van der Waals surface area contributed by atoms with Crippen molar-refractivity contribution >= 4 is 18.9 Å². The Morgan fingerprint density at radius 2 is 2.00 bits per heavy atom. The summed E-state index contributed by atoms with van der Waals surface area (Å²) in [5.41, 5.74) is 0.0623. The molecule has 132 valence electrons. The van der Waals surface area contributed by atoms with Gasteiger partial charge in [-0.25, -0.2) is 4.98 Å². The van der Waals surface area contributed by atoms with Gasteiger partial charge >= 0.3 is 7.12 Å². The van der Waals surface area contributed by atoms with E-state index in [1.165, 1.54) is 25.7 Å². The van der Waals surface area contributed by atoms with Crippen LogP contribution in [0.5, 0.6) is 0 Å². The summed E-state index contributed by atoms with van der Waals surface area (Å²) in [5, 5.41) is 23.8. The summed E-state index contributed by atoms with van der Waals surface area (Å²) in [6, 6.07) is -1.00. The van der Waals surface area contributed by atoms with Crippen molar-refractivity contribution in [2.24, 2.45) is 5.92 Å². The number of methoxy groups -OCH3 is 1. The second-order valence-corrected chi connectivity index (χ2v) is 5.73. The van der Waals surface area contributed by atoms with Gasteiger partial charge in [0.05, 0.1) is 18.7 Å². The van der Waals surface area contributed by atoms with E-state index in [0.717, 1.165) is 0 Å². The van der Waals surface area contributed by atoms with Gasteiger partial charge in [0.15, 0.2) is 0 Å². The van der Waals surface area contributed by atoms with Crippen LogP contribution in [0.4, 0.5) is 0 Å². The maximum atomic E-state index is 12.3. The quantitative estimate of drug-likeness (QED) is 0.414. The van der Waals surface area contributed by atoms with E-state index in [2.05, 4.69) is 20.6 Å². The van der Waals surface area contributed by atoms with Crippen LogP contribution in [0.2, 0.25) is 0 Å². The zero-order valence-corrected chi connectivity index (χ0v) is 14.0. The van der Waals surface area contributed by atoms with Gasteiger partial charge in [0.2, 0.25) is 5.91 Å². The van der Waals surface area contributed by atoms with Crippen molar-refractivity contribution in [3.8, 4) is 0 Å². The van der Waals surface area contributed by atoms with Gasteiger partial charge in [0.25, 0.3) is 5.91 Å². The van der Waals surface area contributed by atoms with Crippen LogP contribution >= 0.6 is 0 Å². The summed E-state index contributed by atoms with van der Waals surface area (Å²) >= 11 is 0. The van der Waals surface area contributed by atoms with E-state index in [-0.39, 0.29) is 18.2 Å². The van der Waals surface area contributed by atoms with Crippen LogP contribution in [0, 0.1) is 5.92 Å². The molecule has 2 atom stereocenters. The third-order valence-electron chi connectivity index (χ3n) is 3.16. The van der Waals surface area contributed by atoms with E-state index < -0.39 is 30.9 Å². The van der Waals surface area contributed by atoms with Crippen LogP contribution in [0.25, 0.3) is 0 Å². The highest BCUT2D eigenvalue weighted by molar-refractivity contribution is 6.43. The molecule has 10 heteroatoms. The predicted molar refractivity (Wildman–Crippen MR) is 86.7 cm³/mol. The number of hydrogen-bond acceptors (Lipinski definition) is 7. The topological polar surface area (TPSA) is 134 Å². The average molecular weight is 338 g/mol. The molecule has 4 N–H and O–H groups in total. The van der Waals surface area contributed by atoms with Gasteiger partial charge in [0.1, 0.15) is 11.7 Å². The molecule has 0 bridgehead atoms. The van der Waals surface area contributed by atoms with Gasteiger partial charge in [-0.2, -0.15) is 0 Å². The first kappa shape index (κ1) is 20.0. The first-order valence-corrected chi connectivity index (χ1v) is 7.57. The highest BCUT2D eigenvalue weighted by atomic mass is 16.5. The van der Waals surface area contributed by atoms with Gasteiger partial charge in [-0.05, 0) is 12.3 Å². The number of amides is 2. The zero-order chi connectivity index (χ0) is 18.1. The molecular formula is C14H23BN4O5.